The molecule has 0 aromatic heterocycles. The predicted molar refractivity (Wildman–Crippen MR) is 62.5 cm³/mol. The molecule has 0 radical (unpaired) electrons. The third kappa shape index (κ3) is 2.33. The van der Waals surface area contributed by atoms with Crippen LogP contribution in [-0.2, 0) is 4.79 Å². The summed E-state index contributed by atoms with van der Waals surface area (Å²) in [5.41, 5.74) is 1.49. The van der Waals surface area contributed by atoms with Crippen molar-refractivity contribution in [2.24, 2.45) is 0 Å². The summed E-state index contributed by atoms with van der Waals surface area (Å²) in [4.78, 5) is 11.8. The molecule has 0 saturated carbocycles. The van der Waals surface area contributed by atoms with Crippen LogP contribution in [0.2, 0.25) is 0 Å². The Kier molecular flexibility index (Phi) is 3.10. The topological polar surface area (TPSA) is 61.4 Å². The summed E-state index contributed by atoms with van der Waals surface area (Å²) in [6.45, 7) is 2.81. The number of hydrogen-bond donors (Lipinski definition) is 3. The molecule has 2 rings (SSSR count). The van der Waals surface area contributed by atoms with Crippen molar-refractivity contribution in [1.82, 2.24) is 5.32 Å². The molecule has 16 heavy (non-hydrogen) atoms. The van der Waals surface area contributed by atoms with Crippen molar-refractivity contribution in [2.45, 2.75) is 25.8 Å². The van der Waals surface area contributed by atoms with Crippen molar-refractivity contribution in [3.63, 3.8) is 0 Å². The van der Waals surface area contributed by atoms with Crippen LogP contribution < -0.4 is 10.6 Å². The third-order valence-corrected chi connectivity index (χ3v) is 2.79. The minimum Gasteiger partial charge on any atom is -0.506 e. The van der Waals surface area contributed by atoms with E-state index < -0.39 is 0 Å². The van der Waals surface area contributed by atoms with Crippen LogP contribution in [-0.4, -0.2) is 23.6 Å². The maximum atomic E-state index is 11.8. The Bertz CT molecular complexity index is 398. The van der Waals surface area contributed by atoms with E-state index in [9.17, 15) is 9.90 Å². The molecular formula is C12H16N2O2. The average molecular weight is 220 g/mol. The molecule has 0 aliphatic carbocycles. The van der Waals surface area contributed by atoms with Crippen LogP contribution in [0.4, 0.5) is 5.69 Å². The van der Waals surface area contributed by atoms with Gasteiger partial charge in [-0.3, -0.25) is 4.79 Å². The number of amides is 1. The van der Waals surface area contributed by atoms with E-state index in [2.05, 4.69) is 10.6 Å². The second-order valence-corrected chi connectivity index (χ2v) is 4.16. The first-order valence-corrected chi connectivity index (χ1v) is 5.50. The number of carbonyl (C=O) groups is 1. The summed E-state index contributed by atoms with van der Waals surface area (Å²) in [7, 11) is 0. The molecule has 1 atom stereocenters. The molecule has 1 aliphatic heterocycles. The van der Waals surface area contributed by atoms with Gasteiger partial charge in [-0.25, -0.2) is 0 Å². The first-order chi connectivity index (χ1) is 7.66. The molecule has 1 aromatic carbocycles. The van der Waals surface area contributed by atoms with Crippen LogP contribution >= 0.6 is 0 Å². The number of aromatic hydroxyl groups is 1. The van der Waals surface area contributed by atoms with Gasteiger partial charge in [0.1, 0.15) is 5.75 Å². The number of hydrogen-bond acceptors (Lipinski definition) is 3. The molecular weight excluding hydrogens is 204 g/mol. The van der Waals surface area contributed by atoms with Gasteiger partial charge in [-0.2, -0.15) is 0 Å². The zero-order chi connectivity index (χ0) is 11.5. The zero-order valence-electron chi connectivity index (χ0n) is 9.29. The van der Waals surface area contributed by atoms with Crippen molar-refractivity contribution in [3.8, 4) is 5.75 Å². The monoisotopic (exact) mass is 220 g/mol. The Morgan fingerprint density at radius 1 is 1.56 bits per heavy atom. The molecule has 1 heterocycles. The summed E-state index contributed by atoms with van der Waals surface area (Å²) in [5, 5.41) is 15.5. The maximum Gasteiger partial charge on any atom is 0.241 e. The minimum absolute atomic E-state index is 0.0709. The van der Waals surface area contributed by atoms with E-state index >= 15 is 0 Å². The van der Waals surface area contributed by atoms with Crippen LogP contribution in [0, 0.1) is 6.92 Å². The van der Waals surface area contributed by atoms with Crippen LogP contribution in [0.3, 0.4) is 0 Å². The molecule has 1 aliphatic rings. The van der Waals surface area contributed by atoms with Crippen LogP contribution in [0.15, 0.2) is 18.2 Å². The highest BCUT2D eigenvalue weighted by Crippen LogP contribution is 2.24. The standard InChI is InChI=1S/C12H16N2O2/c1-8-4-5-11(15)10(7-8)14-12(16)9-3-2-6-13-9/h4-5,7,9,13,15H,2-3,6H2,1H3,(H,14,16)/t9-/m0/s1. The Morgan fingerprint density at radius 3 is 3.06 bits per heavy atom. The van der Waals surface area contributed by atoms with E-state index in [0.717, 1.165) is 24.9 Å². The van der Waals surface area contributed by atoms with Crippen molar-refractivity contribution in [2.75, 3.05) is 11.9 Å². The zero-order valence-corrected chi connectivity index (χ0v) is 9.29. The lowest BCUT2D eigenvalue weighted by molar-refractivity contribution is -0.117. The van der Waals surface area contributed by atoms with Crippen molar-refractivity contribution in [3.05, 3.63) is 23.8 Å². The second-order valence-electron chi connectivity index (χ2n) is 4.16. The predicted octanol–water partition coefficient (Wildman–Crippen LogP) is 1.39. The summed E-state index contributed by atoms with van der Waals surface area (Å²) in [5.74, 6) is 0.0374. The molecule has 4 nitrogen and oxygen atoms in total. The fourth-order valence-corrected chi connectivity index (χ4v) is 1.88. The number of benzene rings is 1. The van der Waals surface area contributed by atoms with Crippen molar-refractivity contribution in [1.29, 1.82) is 0 Å². The van der Waals surface area contributed by atoms with E-state index in [-0.39, 0.29) is 17.7 Å². The number of rotatable bonds is 2. The Labute approximate surface area is 94.7 Å². The summed E-state index contributed by atoms with van der Waals surface area (Å²) in [6.07, 6.45) is 1.89. The first kappa shape index (κ1) is 11.0. The Morgan fingerprint density at radius 2 is 2.38 bits per heavy atom. The van der Waals surface area contributed by atoms with Crippen LogP contribution in [0.25, 0.3) is 0 Å². The van der Waals surface area contributed by atoms with Gasteiger partial charge in [0.15, 0.2) is 0 Å². The minimum atomic E-state index is -0.125. The quantitative estimate of drug-likeness (QED) is 0.660. The number of nitrogens with one attached hydrogen (secondary N) is 2. The largest absolute Gasteiger partial charge is 0.506 e. The van der Waals surface area contributed by atoms with E-state index in [1.165, 1.54) is 0 Å². The summed E-state index contributed by atoms with van der Waals surface area (Å²) >= 11 is 0. The molecule has 0 unspecified atom stereocenters. The normalized spacial score (nSPS) is 19.7. The molecule has 1 aromatic rings. The maximum absolute atomic E-state index is 11.8. The lowest BCUT2D eigenvalue weighted by Gasteiger charge is -2.12. The first-order valence-electron chi connectivity index (χ1n) is 5.50. The lowest BCUT2D eigenvalue weighted by Crippen LogP contribution is -2.35. The van der Waals surface area contributed by atoms with Gasteiger partial charge in [-0.1, -0.05) is 6.07 Å². The molecule has 1 saturated heterocycles. The number of phenols is 1. The molecule has 0 spiro atoms. The van der Waals surface area contributed by atoms with Gasteiger partial charge >= 0.3 is 0 Å². The second kappa shape index (κ2) is 4.53. The highest BCUT2D eigenvalue weighted by Gasteiger charge is 2.22. The van der Waals surface area contributed by atoms with Gasteiger partial charge < -0.3 is 15.7 Å². The SMILES string of the molecule is Cc1ccc(O)c(NC(=O)[C@@H]2CCCN2)c1. The van der Waals surface area contributed by atoms with Gasteiger partial charge in [0.25, 0.3) is 0 Å². The summed E-state index contributed by atoms with van der Waals surface area (Å²) in [6, 6.07) is 5.04. The fraction of sp³-hybridized carbons (Fsp3) is 0.417. The molecule has 1 amide bonds. The van der Waals surface area contributed by atoms with Gasteiger partial charge in [-0.15, -0.1) is 0 Å². The van der Waals surface area contributed by atoms with E-state index in [1.807, 2.05) is 6.92 Å². The lowest BCUT2D eigenvalue weighted by atomic mass is 10.2. The fourth-order valence-electron chi connectivity index (χ4n) is 1.88. The smallest absolute Gasteiger partial charge is 0.241 e. The Balaban J connectivity index is 2.07. The number of aryl methyl sites for hydroxylation is 1. The molecule has 86 valence electrons. The number of anilines is 1. The van der Waals surface area contributed by atoms with Crippen LogP contribution in [0.5, 0.6) is 5.75 Å². The van der Waals surface area contributed by atoms with Gasteiger partial charge in [0.2, 0.25) is 5.91 Å². The third-order valence-electron chi connectivity index (χ3n) is 2.79. The van der Waals surface area contributed by atoms with E-state index in [0.29, 0.717) is 5.69 Å². The molecule has 3 N–H and O–H groups in total. The van der Waals surface area contributed by atoms with Gasteiger partial charge in [0.05, 0.1) is 11.7 Å². The average Bonchev–Trinajstić information content (AvgIpc) is 2.76. The van der Waals surface area contributed by atoms with Crippen molar-refractivity contribution >= 4 is 11.6 Å². The van der Waals surface area contributed by atoms with Gasteiger partial charge in [0, 0.05) is 0 Å². The Hall–Kier alpha value is -1.55. The van der Waals surface area contributed by atoms with E-state index in [1.54, 1.807) is 18.2 Å². The van der Waals surface area contributed by atoms with Crippen molar-refractivity contribution < 1.29 is 9.90 Å². The highest BCUT2D eigenvalue weighted by molar-refractivity contribution is 5.96. The van der Waals surface area contributed by atoms with E-state index in [4.69, 9.17) is 0 Å². The summed E-state index contributed by atoms with van der Waals surface area (Å²) < 4.78 is 0. The highest BCUT2D eigenvalue weighted by atomic mass is 16.3. The van der Waals surface area contributed by atoms with Gasteiger partial charge in [-0.05, 0) is 44.0 Å². The molecule has 4 heteroatoms. The number of carbonyl (C=O) groups excluding carboxylic acids is 1. The molecule has 1 fully saturated rings. The molecule has 0 bridgehead atoms. The number of phenolic OH excluding ortho intramolecular Hbond substituents is 1. The van der Waals surface area contributed by atoms with Crippen LogP contribution in [0.1, 0.15) is 18.4 Å².